The lowest BCUT2D eigenvalue weighted by Gasteiger charge is -2.11. The average molecular weight is 365 g/mol. The summed E-state index contributed by atoms with van der Waals surface area (Å²) in [5.41, 5.74) is 6.00. The van der Waals surface area contributed by atoms with Gasteiger partial charge >= 0.3 is 0 Å². The van der Waals surface area contributed by atoms with Gasteiger partial charge in [-0.15, -0.1) is 0 Å². The zero-order chi connectivity index (χ0) is 19.6. The van der Waals surface area contributed by atoms with Gasteiger partial charge in [0.15, 0.2) is 5.65 Å². The van der Waals surface area contributed by atoms with Crippen LogP contribution in [0.1, 0.15) is 36.0 Å². The van der Waals surface area contributed by atoms with E-state index in [1.807, 2.05) is 31.4 Å². The van der Waals surface area contributed by atoms with E-state index >= 15 is 0 Å². The summed E-state index contributed by atoms with van der Waals surface area (Å²) >= 11 is 0. The topological polar surface area (TPSA) is 88.4 Å². The summed E-state index contributed by atoms with van der Waals surface area (Å²) in [6.07, 6.45) is 0.913. The van der Waals surface area contributed by atoms with Gasteiger partial charge in [-0.25, -0.2) is 9.50 Å². The molecule has 2 N–H and O–H groups in total. The number of nitrogens with zero attached hydrogens (tertiary/aromatic N) is 3. The Balaban J connectivity index is 1.69. The van der Waals surface area contributed by atoms with Crippen molar-refractivity contribution in [1.82, 2.24) is 14.6 Å². The van der Waals surface area contributed by atoms with Crippen LogP contribution in [0.5, 0.6) is 0 Å². The van der Waals surface area contributed by atoms with Crippen LogP contribution in [-0.2, 0) is 16.0 Å². The fraction of sp³-hybridized carbons (Fsp3) is 0.300. The number of rotatable bonds is 5. The third kappa shape index (κ3) is 4.31. The first-order valence-electron chi connectivity index (χ1n) is 8.83. The van der Waals surface area contributed by atoms with E-state index in [-0.39, 0.29) is 11.8 Å². The number of hydrogen-bond donors (Lipinski definition) is 2. The van der Waals surface area contributed by atoms with Crippen LogP contribution >= 0.6 is 0 Å². The predicted molar refractivity (Wildman–Crippen MR) is 105 cm³/mol. The van der Waals surface area contributed by atoms with Gasteiger partial charge in [0.05, 0.1) is 5.69 Å². The minimum absolute atomic E-state index is 0.0921. The highest BCUT2D eigenvalue weighted by molar-refractivity contribution is 5.93. The van der Waals surface area contributed by atoms with Gasteiger partial charge in [0.2, 0.25) is 11.8 Å². The molecule has 27 heavy (non-hydrogen) atoms. The largest absolute Gasteiger partial charge is 0.326 e. The van der Waals surface area contributed by atoms with Crippen LogP contribution in [0.25, 0.3) is 5.65 Å². The first-order valence-corrected chi connectivity index (χ1v) is 8.83. The molecular formula is C20H23N5O2. The number of aromatic nitrogens is 3. The van der Waals surface area contributed by atoms with Crippen LogP contribution in [-0.4, -0.2) is 26.4 Å². The minimum atomic E-state index is -0.152. The van der Waals surface area contributed by atoms with Gasteiger partial charge in [-0.3, -0.25) is 9.59 Å². The Kier molecular flexibility index (Phi) is 5.21. The number of anilines is 2. The summed E-state index contributed by atoms with van der Waals surface area (Å²) in [5.74, 6) is -0.244. The van der Waals surface area contributed by atoms with Crippen molar-refractivity contribution in [2.45, 2.75) is 40.5 Å². The Bertz CT molecular complexity index is 1020. The van der Waals surface area contributed by atoms with E-state index in [0.29, 0.717) is 24.2 Å². The fourth-order valence-electron chi connectivity index (χ4n) is 3.14. The maximum absolute atomic E-state index is 12.4. The second kappa shape index (κ2) is 7.57. The molecule has 0 aliphatic carbocycles. The van der Waals surface area contributed by atoms with Gasteiger partial charge < -0.3 is 10.6 Å². The van der Waals surface area contributed by atoms with Crippen LogP contribution in [0.2, 0.25) is 0 Å². The number of carbonyl (C=O) groups is 2. The second-order valence-corrected chi connectivity index (χ2v) is 6.63. The fourth-order valence-corrected chi connectivity index (χ4v) is 3.14. The average Bonchev–Trinajstić information content (AvgIpc) is 2.94. The van der Waals surface area contributed by atoms with Crippen molar-refractivity contribution >= 4 is 28.8 Å². The molecule has 0 bridgehead atoms. The van der Waals surface area contributed by atoms with E-state index in [2.05, 4.69) is 20.7 Å². The molecule has 2 amide bonds. The summed E-state index contributed by atoms with van der Waals surface area (Å²) in [6.45, 7) is 7.34. The van der Waals surface area contributed by atoms with Crippen molar-refractivity contribution in [3.63, 3.8) is 0 Å². The van der Waals surface area contributed by atoms with Crippen molar-refractivity contribution in [3.8, 4) is 0 Å². The van der Waals surface area contributed by atoms with Crippen LogP contribution < -0.4 is 10.6 Å². The van der Waals surface area contributed by atoms with Crippen LogP contribution in [0, 0.1) is 20.8 Å². The number of hydrogen-bond acceptors (Lipinski definition) is 4. The third-order valence-corrected chi connectivity index (χ3v) is 4.35. The summed E-state index contributed by atoms with van der Waals surface area (Å²) in [6, 6.07) is 9.03. The Morgan fingerprint density at radius 2 is 1.78 bits per heavy atom. The molecule has 0 saturated heterocycles. The van der Waals surface area contributed by atoms with Gasteiger partial charge in [0.1, 0.15) is 0 Å². The molecule has 1 aromatic carbocycles. The van der Waals surface area contributed by atoms with Gasteiger partial charge in [0, 0.05) is 42.2 Å². The summed E-state index contributed by atoms with van der Waals surface area (Å²) < 4.78 is 1.83. The van der Waals surface area contributed by atoms with E-state index in [0.717, 1.165) is 28.3 Å². The quantitative estimate of drug-likeness (QED) is 0.727. The van der Waals surface area contributed by atoms with Crippen molar-refractivity contribution in [3.05, 3.63) is 53.0 Å². The van der Waals surface area contributed by atoms with Crippen molar-refractivity contribution in [1.29, 1.82) is 0 Å². The van der Waals surface area contributed by atoms with E-state index in [4.69, 9.17) is 0 Å². The van der Waals surface area contributed by atoms with Crippen LogP contribution in [0.3, 0.4) is 0 Å². The SMILES string of the molecule is CC(=O)Nc1cccc(NC(=O)CCc2c(C)nc3cc(C)nn3c2C)c1. The van der Waals surface area contributed by atoms with Gasteiger partial charge in [-0.05, 0) is 51.0 Å². The molecule has 0 atom stereocenters. The normalized spacial score (nSPS) is 10.8. The highest BCUT2D eigenvalue weighted by atomic mass is 16.2. The Morgan fingerprint density at radius 1 is 1.07 bits per heavy atom. The highest BCUT2D eigenvalue weighted by Gasteiger charge is 2.13. The molecule has 3 rings (SSSR count). The first-order chi connectivity index (χ1) is 12.8. The third-order valence-electron chi connectivity index (χ3n) is 4.35. The van der Waals surface area contributed by atoms with Gasteiger partial charge in [-0.1, -0.05) is 6.07 Å². The summed E-state index contributed by atoms with van der Waals surface area (Å²) in [4.78, 5) is 28.1. The van der Waals surface area contributed by atoms with Crippen LogP contribution in [0.4, 0.5) is 11.4 Å². The molecule has 2 aromatic heterocycles. The lowest BCUT2D eigenvalue weighted by molar-refractivity contribution is -0.116. The molecule has 0 aliphatic rings. The van der Waals surface area contributed by atoms with Crippen LogP contribution in [0.15, 0.2) is 30.3 Å². The lowest BCUT2D eigenvalue weighted by atomic mass is 10.1. The molecule has 0 saturated carbocycles. The molecular weight excluding hydrogens is 342 g/mol. The molecule has 0 radical (unpaired) electrons. The van der Waals surface area contributed by atoms with Gasteiger partial charge in [-0.2, -0.15) is 5.10 Å². The molecule has 3 aromatic rings. The molecule has 0 fully saturated rings. The highest BCUT2D eigenvalue weighted by Crippen LogP contribution is 2.18. The monoisotopic (exact) mass is 365 g/mol. The Hall–Kier alpha value is -3.22. The number of nitrogens with one attached hydrogen (secondary N) is 2. The first kappa shape index (κ1) is 18.6. The smallest absolute Gasteiger partial charge is 0.224 e. The number of benzene rings is 1. The molecule has 0 spiro atoms. The number of aryl methyl sites for hydroxylation is 3. The zero-order valence-electron chi connectivity index (χ0n) is 16.0. The maximum Gasteiger partial charge on any atom is 0.224 e. The van der Waals surface area contributed by atoms with E-state index in [1.54, 1.807) is 24.3 Å². The number of fused-ring (bicyclic) bond motifs is 1. The van der Waals surface area contributed by atoms with Crippen molar-refractivity contribution in [2.24, 2.45) is 0 Å². The van der Waals surface area contributed by atoms with Crippen molar-refractivity contribution in [2.75, 3.05) is 10.6 Å². The molecule has 2 heterocycles. The lowest BCUT2D eigenvalue weighted by Crippen LogP contribution is -2.14. The van der Waals surface area contributed by atoms with Gasteiger partial charge in [0.25, 0.3) is 0 Å². The molecule has 7 heteroatoms. The van der Waals surface area contributed by atoms with E-state index in [1.165, 1.54) is 6.92 Å². The van der Waals surface area contributed by atoms with E-state index in [9.17, 15) is 9.59 Å². The van der Waals surface area contributed by atoms with Crippen molar-refractivity contribution < 1.29 is 9.59 Å². The number of carbonyl (C=O) groups excluding carboxylic acids is 2. The molecule has 0 aliphatic heterocycles. The molecule has 7 nitrogen and oxygen atoms in total. The Morgan fingerprint density at radius 3 is 2.48 bits per heavy atom. The molecule has 140 valence electrons. The minimum Gasteiger partial charge on any atom is -0.326 e. The predicted octanol–water partition coefficient (Wildman–Crippen LogP) is 3.18. The molecule has 0 unspecified atom stereocenters. The second-order valence-electron chi connectivity index (χ2n) is 6.63. The summed E-state index contributed by atoms with van der Waals surface area (Å²) in [5, 5.41) is 10.0. The summed E-state index contributed by atoms with van der Waals surface area (Å²) in [7, 11) is 0. The number of amides is 2. The standard InChI is InChI=1S/C20H23N5O2/c1-12-10-19-21-13(2)18(14(3)25(19)24-12)8-9-20(27)23-17-7-5-6-16(11-17)22-15(4)26/h5-7,10-11H,8-9H2,1-4H3,(H,22,26)(H,23,27). The van der Waals surface area contributed by atoms with E-state index < -0.39 is 0 Å². The zero-order valence-corrected chi connectivity index (χ0v) is 16.0. The maximum atomic E-state index is 12.4. The Labute approximate surface area is 157 Å².